The number of hydrogen-bond donors (Lipinski definition) is 1. The first-order valence-corrected chi connectivity index (χ1v) is 7.65. The summed E-state index contributed by atoms with van der Waals surface area (Å²) in [4.78, 5) is 2.58. The van der Waals surface area contributed by atoms with Crippen LogP contribution in [-0.4, -0.2) is 31.1 Å². The van der Waals surface area contributed by atoms with E-state index in [1.807, 2.05) is 12.1 Å². The van der Waals surface area contributed by atoms with Crippen molar-refractivity contribution < 1.29 is 0 Å². The maximum Gasteiger partial charge on any atom is 0.0991 e. The summed E-state index contributed by atoms with van der Waals surface area (Å²) >= 11 is 0. The van der Waals surface area contributed by atoms with E-state index in [9.17, 15) is 0 Å². The molecule has 0 aromatic heterocycles. The van der Waals surface area contributed by atoms with Crippen molar-refractivity contribution in [3.8, 4) is 6.07 Å². The Morgan fingerprint density at radius 3 is 2.35 bits per heavy atom. The molecular formula is C17H25N3. The van der Waals surface area contributed by atoms with Gasteiger partial charge in [0, 0.05) is 32.2 Å². The van der Waals surface area contributed by atoms with E-state index in [-0.39, 0.29) is 0 Å². The van der Waals surface area contributed by atoms with Crippen LogP contribution >= 0.6 is 0 Å². The third-order valence-corrected chi connectivity index (χ3v) is 4.03. The Morgan fingerprint density at radius 1 is 1.15 bits per heavy atom. The lowest BCUT2D eigenvalue weighted by molar-refractivity contribution is 0.160. The second-order valence-electron chi connectivity index (χ2n) is 6.01. The minimum absolute atomic E-state index is 0.493. The Kier molecular flexibility index (Phi) is 5.58. The van der Waals surface area contributed by atoms with Gasteiger partial charge in [-0.15, -0.1) is 0 Å². The highest BCUT2D eigenvalue weighted by Gasteiger charge is 2.22. The second-order valence-corrected chi connectivity index (χ2v) is 6.01. The van der Waals surface area contributed by atoms with Crippen LogP contribution in [0.15, 0.2) is 24.3 Å². The number of piperazine rings is 1. The molecule has 2 rings (SSSR count). The van der Waals surface area contributed by atoms with Crippen molar-refractivity contribution in [2.75, 3.05) is 26.2 Å². The fourth-order valence-electron chi connectivity index (χ4n) is 2.82. The number of nitrogens with zero attached hydrogens (tertiary/aromatic N) is 2. The molecule has 1 aromatic carbocycles. The highest BCUT2D eigenvalue weighted by atomic mass is 15.2. The van der Waals surface area contributed by atoms with Crippen LogP contribution in [0.3, 0.4) is 0 Å². The van der Waals surface area contributed by atoms with Gasteiger partial charge in [-0.05, 0) is 36.5 Å². The molecule has 1 N–H and O–H groups in total. The molecule has 1 atom stereocenters. The van der Waals surface area contributed by atoms with Gasteiger partial charge in [-0.1, -0.05) is 26.0 Å². The average Bonchev–Trinajstić information content (AvgIpc) is 2.49. The van der Waals surface area contributed by atoms with Gasteiger partial charge >= 0.3 is 0 Å². The van der Waals surface area contributed by atoms with Gasteiger partial charge in [0.15, 0.2) is 0 Å². The fraction of sp³-hybridized carbons (Fsp3) is 0.588. The zero-order valence-electron chi connectivity index (χ0n) is 12.6. The molecule has 0 unspecified atom stereocenters. The van der Waals surface area contributed by atoms with Crippen molar-refractivity contribution in [1.29, 1.82) is 5.26 Å². The molecule has 3 nitrogen and oxygen atoms in total. The molecule has 1 fully saturated rings. The summed E-state index contributed by atoms with van der Waals surface area (Å²) in [6.07, 6.45) is 2.44. The van der Waals surface area contributed by atoms with Crippen LogP contribution in [-0.2, 0) is 0 Å². The van der Waals surface area contributed by atoms with Gasteiger partial charge in [0.2, 0.25) is 0 Å². The third-order valence-electron chi connectivity index (χ3n) is 4.03. The summed E-state index contributed by atoms with van der Waals surface area (Å²) in [6.45, 7) is 8.95. The monoisotopic (exact) mass is 271 g/mol. The molecule has 108 valence electrons. The summed E-state index contributed by atoms with van der Waals surface area (Å²) < 4.78 is 0. The van der Waals surface area contributed by atoms with Crippen LogP contribution in [0.1, 0.15) is 43.9 Å². The Balaban J connectivity index is 2.13. The molecular weight excluding hydrogens is 246 g/mol. The number of rotatable bonds is 5. The predicted molar refractivity (Wildman–Crippen MR) is 82.4 cm³/mol. The zero-order valence-corrected chi connectivity index (χ0v) is 12.6. The van der Waals surface area contributed by atoms with E-state index in [0.717, 1.165) is 37.7 Å². The van der Waals surface area contributed by atoms with E-state index in [2.05, 4.69) is 42.3 Å². The Bertz CT molecular complexity index is 438. The molecule has 0 bridgehead atoms. The first-order chi connectivity index (χ1) is 9.70. The lowest BCUT2D eigenvalue weighted by Crippen LogP contribution is -2.45. The summed E-state index contributed by atoms with van der Waals surface area (Å²) in [5, 5.41) is 12.3. The van der Waals surface area contributed by atoms with E-state index in [1.165, 1.54) is 18.4 Å². The van der Waals surface area contributed by atoms with Gasteiger partial charge < -0.3 is 5.32 Å². The van der Waals surface area contributed by atoms with Crippen molar-refractivity contribution >= 4 is 0 Å². The van der Waals surface area contributed by atoms with Gasteiger partial charge in [-0.2, -0.15) is 5.26 Å². The Labute approximate surface area is 122 Å². The van der Waals surface area contributed by atoms with Crippen LogP contribution in [0.4, 0.5) is 0 Å². The van der Waals surface area contributed by atoms with Crippen LogP contribution in [0, 0.1) is 17.2 Å². The topological polar surface area (TPSA) is 39.1 Å². The Hall–Kier alpha value is -1.37. The molecule has 20 heavy (non-hydrogen) atoms. The van der Waals surface area contributed by atoms with Gasteiger partial charge in [-0.25, -0.2) is 0 Å². The molecule has 1 heterocycles. The highest BCUT2D eigenvalue weighted by molar-refractivity contribution is 5.33. The molecule has 0 saturated carbocycles. The average molecular weight is 271 g/mol. The first kappa shape index (κ1) is 15.0. The van der Waals surface area contributed by atoms with E-state index < -0.39 is 0 Å². The minimum Gasteiger partial charge on any atom is -0.314 e. The molecule has 1 aliphatic heterocycles. The number of benzene rings is 1. The number of hydrogen-bond acceptors (Lipinski definition) is 3. The molecule has 0 radical (unpaired) electrons. The van der Waals surface area contributed by atoms with Crippen molar-refractivity contribution in [3.63, 3.8) is 0 Å². The van der Waals surface area contributed by atoms with Gasteiger partial charge in [0.25, 0.3) is 0 Å². The van der Waals surface area contributed by atoms with Gasteiger partial charge in [0.1, 0.15) is 0 Å². The third kappa shape index (κ3) is 4.06. The highest BCUT2D eigenvalue weighted by Crippen LogP contribution is 2.28. The largest absolute Gasteiger partial charge is 0.314 e. The van der Waals surface area contributed by atoms with E-state index >= 15 is 0 Å². The lowest BCUT2D eigenvalue weighted by atomic mass is 9.95. The standard InChI is InChI=1S/C17H25N3/c1-14(2)3-8-17(20-11-9-19-10-12-20)16-6-4-15(13-18)5-7-16/h4-7,14,17,19H,3,8-12H2,1-2H3/t17-/m0/s1. The number of nitriles is 1. The molecule has 1 aliphatic rings. The molecule has 0 amide bonds. The van der Waals surface area contributed by atoms with Crippen molar-refractivity contribution in [2.24, 2.45) is 5.92 Å². The van der Waals surface area contributed by atoms with Crippen LogP contribution in [0.2, 0.25) is 0 Å². The fourth-order valence-corrected chi connectivity index (χ4v) is 2.82. The van der Waals surface area contributed by atoms with E-state index in [0.29, 0.717) is 6.04 Å². The number of nitrogens with one attached hydrogen (secondary N) is 1. The quantitative estimate of drug-likeness (QED) is 0.895. The molecule has 1 aromatic rings. The van der Waals surface area contributed by atoms with Crippen molar-refractivity contribution in [3.05, 3.63) is 35.4 Å². The zero-order chi connectivity index (χ0) is 14.4. The van der Waals surface area contributed by atoms with E-state index in [1.54, 1.807) is 0 Å². The van der Waals surface area contributed by atoms with E-state index in [4.69, 9.17) is 5.26 Å². The summed E-state index contributed by atoms with van der Waals surface area (Å²) in [5.41, 5.74) is 2.10. The Morgan fingerprint density at radius 2 is 1.80 bits per heavy atom. The van der Waals surface area contributed by atoms with Crippen LogP contribution in [0.5, 0.6) is 0 Å². The molecule has 3 heteroatoms. The van der Waals surface area contributed by atoms with Crippen molar-refractivity contribution in [1.82, 2.24) is 10.2 Å². The molecule has 0 spiro atoms. The maximum atomic E-state index is 8.92. The van der Waals surface area contributed by atoms with Crippen LogP contribution < -0.4 is 5.32 Å². The normalized spacial score (nSPS) is 17.9. The summed E-state index contributed by atoms with van der Waals surface area (Å²) in [7, 11) is 0. The lowest BCUT2D eigenvalue weighted by Gasteiger charge is -2.35. The SMILES string of the molecule is CC(C)CC[C@@H](c1ccc(C#N)cc1)N1CCNCC1. The smallest absolute Gasteiger partial charge is 0.0991 e. The van der Waals surface area contributed by atoms with Crippen molar-refractivity contribution in [2.45, 2.75) is 32.7 Å². The second kappa shape index (κ2) is 7.42. The summed E-state index contributed by atoms with van der Waals surface area (Å²) in [6, 6.07) is 10.8. The molecule has 0 aliphatic carbocycles. The summed E-state index contributed by atoms with van der Waals surface area (Å²) in [5.74, 6) is 0.735. The maximum absolute atomic E-state index is 8.92. The van der Waals surface area contributed by atoms with Crippen LogP contribution in [0.25, 0.3) is 0 Å². The minimum atomic E-state index is 0.493. The predicted octanol–water partition coefficient (Wildman–Crippen LogP) is 2.94. The van der Waals surface area contributed by atoms with Gasteiger partial charge in [-0.3, -0.25) is 4.90 Å². The molecule has 1 saturated heterocycles. The van der Waals surface area contributed by atoms with Gasteiger partial charge in [0.05, 0.1) is 11.6 Å². The first-order valence-electron chi connectivity index (χ1n) is 7.65.